The first-order chi connectivity index (χ1) is 10.6. The van der Waals surface area contributed by atoms with Gasteiger partial charge in [-0.25, -0.2) is 4.79 Å². The SMILES string of the molecule is Cc1cccc2c(-c3ccc(C(=O)O)cc3)cnc(CN)c12. The molecule has 2 aromatic carbocycles. The fourth-order valence-electron chi connectivity index (χ4n) is 2.73. The zero-order chi connectivity index (χ0) is 15.7. The highest BCUT2D eigenvalue weighted by molar-refractivity contribution is 5.99. The molecule has 4 nitrogen and oxygen atoms in total. The summed E-state index contributed by atoms with van der Waals surface area (Å²) in [6.45, 7) is 2.43. The maximum absolute atomic E-state index is 11.0. The van der Waals surface area contributed by atoms with Crippen LogP contribution in [0.2, 0.25) is 0 Å². The van der Waals surface area contributed by atoms with Gasteiger partial charge in [-0.15, -0.1) is 0 Å². The third-order valence-corrected chi connectivity index (χ3v) is 3.84. The molecule has 0 aliphatic rings. The summed E-state index contributed by atoms with van der Waals surface area (Å²) in [6.07, 6.45) is 1.81. The molecule has 0 atom stereocenters. The standard InChI is InChI=1S/C18H16N2O2/c1-11-3-2-4-14-15(10-20-16(9-19)17(11)14)12-5-7-13(8-6-12)18(21)22/h2-8,10H,9,19H2,1H3,(H,21,22). The molecule has 3 rings (SSSR count). The van der Waals surface area contributed by atoms with Crippen LogP contribution in [-0.4, -0.2) is 16.1 Å². The second kappa shape index (κ2) is 5.58. The number of benzene rings is 2. The number of fused-ring (bicyclic) bond motifs is 1. The van der Waals surface area contributed by atoms with E-state index in [9.17, 15) is 4.79 Å². The highest BCUT2D eigenvalue weighted by Crippen LogP contribution is 2.31. The van der Waals surface area contributed by atoms with Crippen LogP contribution in [0, 0.1) is 6.92 Å². The maximum atomic E-state index is 11.0. The van der Waals surface area contributed by atoms with E-state index in [2.05, 4.69) is 4.98 Å². The van der Waals surface area contributed by atoms with Crippen molar-refractivity contribution in [3.05, 3.63) is 65.5 Å². The molecule has 0 radical (unpaired) electrons. The number of aromatic carboxylic acids is 1. The number of aryl methyl sites for hydroxylation is 1. The van der Waals surface area contributed by atoms with Crippen LogP contribution in [0.1, 0.15) is 21.6 Å². The molecule has 0 saturated carbocycles. The third kappa shape index (κ3) is 2.34. The predicted octanol–water partition coefficient (Wildman–Crippen LogP) is 3.37. The lowest BCUT2D eigenvalue weighted by Gasteiger charge is -2.12. The van der Waals surface area contributed by atoms with Crippen molar-refractivity contribution in [3.8, 4) is 11.1 Å². The van der Waals surface area contributed by atoms with E-state index >= 15 is 0 Å². The fourth-order valence-corrected chi connectivity index (χ4v) is 2.73. The van der Waals surface area contributed by atoms with Crippen LogP contribution in [0.5, 0.6) is 0 Å². The van der Waals surface area contributed by atoms with Crippen molar-refractivity contribution in [2.24, 2.45) is 5.73 Å². The zero-order valence-corrected chi connectivity index (χ0v) is 12.2. The summed E-state index contributed by atoms with van der Waals surface area (Å²) in [6, 6.07) is 12.9. The Hall–Kier alpha value is -2.72. The van der Waals surface area contributed by atoms with Gasteiger partial charge in [-0.2, -0.15) is 0 Å². The smallest absolute Gasteiger partial charge is 0.335 e. The van der Waals surface area contributed by atoms with Crippen molar-refractivity contribution < 1.29 is 9.90 Å². The van der Waals surface area contributed by atoms with E-state index in [1.807, 2.05) is 37.3 Å². The minimum absolute atomic E-state index is 0.274. The van der Waals surface area contributed by atoms with Crippen LogP contribution >= 0.6 is 0 Å². The Bertz CT molecular complexity index is 855. The first-order valence-corrected chi connectivity index (χ1v) is 7.03. The monoisotopic (exact) mass is 292 g/mol. The highest BCUT2D eigenvalue weighted by Gasteiger charge is 2.11. The van der Waals surface area contributed by atoms with Gasteiger partial charge < -0.3 is 10.8 Å². The number of carbonyl (C=O) groups is 1. The van der Waals surface area contributed by atoms with Gasteiger partial charge in [0.2, 0.25) is 0 Å². The Balaban J connectivity index is 2.23. The van der Waals surface area contributed by atoms with Crippen molar-refractivity contribution in [3.63, 3.8) is 0 Å². The molecule has 4 heteroatoms. The molecule has 3 N–H and O–H groups in total. The zero-order valence-electron chi connectivity index (χ0n) is 12.2. The summed E-state index contributed by atoms with van der Waals surface area (Å²) in [5.74, 6) is -0.927. The molecule has 3 aromatic rings. The Morgan fingerprint density at radius 3 is 2.55 bits per heavy atom. The second-order valence-electron chi connectivity index (χ2n) is 5.20. The van der Waals surface area contributed by atoms with Gasteiger partial charge in [0.25, 0.3) is 0 Å². The van der Waals surface area contributed by atoms with Gasteiger partial charge in [0.1, 0.15) is 0 Å². The van der Waals surface area contributed by atoms with Crippen molar-refractivity contribution in [1.82, 2.24) is 4.98 Å². The lowest BCUT2D eigenvalue weighted by Crippen LogP contribution is -2.02. The minimum atomic E-state index is -0.927. The predicted molar refractivity (Wildman–Crippen MR) is 86.8 cm³/mol. The molecule has 110 valence electrons. The maximum Gasteiger partial charge on any atom is 0.335 e. The van der Waals surface area contributed by atoms with E-state index in [0.717, 1.165) is 33.2 Å². The first-order valence-electron chi connectivity index (χ1n) is 7.03. The van der Waals surface area contributed by atoms with Gasteiger partial charge in [0, 0.05) is 23.7 Å². The molecule has 0 bridgehead atoms. The summed E-state index contributed by atoms with van der Waals surface area (Å²) in [7, 11) is 0. The fraction of sp³-hybridized carbons (Fsp3) is 0.111. The summed E-state index contributed by atoms with van der Waals surface area (Å²) < 4.78 is 0. The number of carboxylic acid groups (broad SMARTS) is 1. The molecule has 0 amide bonds. The lowest BCUT2D eigenvalue weighted by molar-refractivity contribution is 0.0697. The highest BCUT2D eigenvalue weighted by atomic mass is 16.4. The summed E-state index contributed by atoms with van der Waals surface area (Å²) in [4.78, 5) is 15.4. The number of hydrogen-bond donors (Lipinski definition) is 2. The Morgan fingerprint density at radius 1 is 1.18 bits per heavy atom. The van der Waals surface area contributed by atoms with Crippen LogP contribution in [0.25, 0.3) is 21.9 Å². The van der Waals surface area contributed by atoms with Gasteiger partial charge in [0.15, 0.2) is 0 Å². The summed E-state index contributed by atoms with van der Waals surface area (Å²) in [5, 5.41) is 11.2. The van der Waals surface area contributed by atoms with Crippen LogP contribution in [0.3, 0.4) is 0 Å². The third-order valence-electron chi connectivity index (χ3n) is 3.84. The molecule has 0 aliphatic carbocycles. The largest absolute Gasteiger partial charge is 0.478 e. The number of hydrogen-bond acceptors (Lipinski definition) is 3. The first kappa shape index (κ1) is 14.2. The molecular formula is C18H16N2O2. The van der Waals surface area contributed by atoms with Crippen molar-refractivity contribution in [2.75, 3.05) is 0 Å². The van der Waals surface area contributed by atoms with Gasteiger partial charge in [-0.3, -0.25) is 4.98 Å². The average molecular weight is 292 g/mol. The van der Waals surface area contributed by atoms with E-state index < -0.39 is 5.97 Å². The molecule has 0 fully saturated rings. The van der Waals surface area contributed by atoms with Crippen LogP contribution in [0.4, 0.5) is 0 Å². The number of aromatic nitrogens is 1. The Kier molecular flexibility index (Phi) is 3.61. The van der Waals surface area contributed by atoms with Crippen LogP contribution in [-0.2, 0) is 6.54 Å². The van der Waals surface area contributed by atoms with Gasteiger partial charge in [-0.05, 0) is 35.6 Å². The minimum Gasteiger partial charge on any atom is -0.478 e. The number of carboxylic acids is 1. The van der Waals surface area contributed by atoms with Gasteiger partial charge in [0.05, 0.1) is 11.3 Å². The van der Waals surface area contributed by atoms with E-state index in [1.54, 1.807) is 18.3 Å². The number of pyridine rings is 1. The van der Waals surface area contributed by atoms with Crippen molar-refractivity contribution in [2.45, 2.75) is 13.5 Å². The number of nitrogens with two attached hydrogens (primary N) is 1. The molecule has 1 aromatic heterocycles. The second-order valence-corrected chi connectivity index (χ2v) is 5.20. The summed E-state index contributed by atoms with van der Waals surface area (Å²) in [5.41, 5.74) is 10.0. The van der Waals surface area contributed by atoms with E-state index in [4.69, 9.17) is 10.8 Å². The summed E-state index contributed by atoms with van der Waals surface area (Å²) >= 11 is 0. The Morgan fingerprint density at radius 2 is 1.91 bits per heavy atom. The molecule has 0 aliphatic heterocycles. The molecular weight excluding hydrogens is 276 g/mol. The van der Waals surface area contributed by atoms with Crippen molar-refractivity contribution in [1.29, 1.82) is 0 Å². The van der Waals surface area contributed by atoms with Gasteiger partial charge in [-0.1, -0.05) is 30.3 Å². The topological polar surface area (TPSA) is 76.2 Å². The average Bonchev–Trinajstić information content (AvgIpc) is 2.54. The van der Waals surface area contributed by atoms with E-state index in [-0.39, 0.29) is 5.56 Å². The molecule has 1 heterocycles. The van der Waals surface area contributed by atoms with Gasteiger partial charge >= 0.3 is 5.97 Å². The molecule has 0 spiro atoms. The lowest BCUT2D eigenvalue weighted by atomic mass is 9.96. The molecule has 0 saturated heterocycles. The normalized spacial score (nSPS) is 10.8. The number of rotatable bonds is 3. The van der Waals surface area contributed by atoms with E-state index in [1.165, 1.54) is 0 Å². The molecule has 0 unspecified atom stereocenters. The quantitative estimate of drug-likeness (QED) is 0.776. The van der Waals surface area contributed by atoms with Crippen LogP contribution < -0.4 is 5.73 Å². The van der Waals surface area contributed by atoms with Crippen LogP contribution in [0.15, 0.2) is 48.7 Å². The Labute approximate surface area is 128 Å². The van der Waals surface area contributed by atoms with Crippen molar-refractivity contribution >= 4 is 16.7 Å². The molecule has 22 heavy (non-hydrogen) atoms. The van der Waals surface area contributed by atoms with E-state index in [0.29, 0.717) is 6.54 Å². The number of nitrogens with zero attached hydrogens (tertiary/aromatic N) is 1.